The van der Waals surface area contributed by atoms with Crippen molar-refractivity contribution in [3.8, 4) is 5.75 Å². The van der Waals surface area contributed by atoms with Crippen molar-refractivity contribution < 1.29 is 9.53 Å². The Labute approximate surface area is 208 Å². The summed E-state index contributed by atoms with van der Waals surface area (Å²) < 4.78 is 5.43. The van der Waals surface area contributed by atoms with E-state index >= 15 is 0 Å². The largest absolute Gasteiger partial charge is 0.480 e. The molecule has 1 aromatic carbocycles. The number of aromatic nitrogens is 3. The number of anilines is 6. The van der Waals surface area contributed by atoms with E-state index < -0.39 is 0 Å². The van der Waals surface area contributed by atoms with Crippen LogP contribution >= 0.6 is 11.6 Å². The monoisotopic (exact) mass is 494 g/mol. The van der Waals surface area contributed by atoms with Gasteiger partial charge in [-0.05, 0) is 42.9 Å². The Balaban J connectivity index is 1.27. The van der Waals surface area contributed by atoms with Crippen molar-refractivity contribution in [2.45, 2.75) is 6.92 Å². The van der Waals surface area contributed by atoms with Crippen LogP contribution in [-0.2, 0) is 4.79 Å². The average molecular weight is 495 g/mol. The zero-order valence-electron chi connectivity index (χ0n) is 19.7. The quantitative estimate of drug-likeness (QED) is 0.533. The molecule has 2 aliphatic rings. The number of piperazine rings is 1. The number of likely N-dealkylation sites (N-methyl/N-ethyl adjacent to an activating group) is 2. The predicted octanol–water partition coefficient (Wildman–Crippen LogP) is 3.51. The maximum absolute atomic E-state index is 11.9. The molecule has 2 aliphatic heterocycles. The number of nitrogens with one attached hydrogen (secondary N) is 2. The van der Waals surface area contributed by atoms with Crippen LogP contribution < -0.4 is 25.2 Å². The van der Waals surface area contributed by atoms with Gasteiger partial charge in [0.15, 0.2) is 24.0 Å². The first-order chi connectivity index (χ1) is 17.0. The summed E-state index contributed by atoms with van der Waals surface area (Å²) in [5, 5.41) is 6.68. The highest BCUT2D eigenvalue weighted by Crippen LogP contribution is 2.32. The fourth-order valence-corrected chi connectivity index (χ4v) is 4.19. The van der Waals surface area contributed by atoms with Gasteiger partial charge in [-0.15, -0.1) is 0 Å². The number of carbonyl (C=O) groups excluding carboxylic acids is 1. The van der Waals surface area contributed by atoms with Gasteiger partial charge in [-0.25, -0.2) is 9.97 Å². The lowest BCUT2D eigenvalue weighted by Gasteiger charge is -2.35. The van der Waals surface area contributed by atoms with Gasteiger partial charge in [0.25, 0.3) is 5.91 Å². The number of carbonyl (C=O) groups is 1. The van der Waals surface area contributed by atoms with E-state index in [2.05, 4.69) is 54.4 Å². The molecule has 1 fully saturated rings. The summed E-state index contributed by atoms with van der Waals surface area (Å²) in [6.45, 7) is 7.54. The van der Waals surface area contributed by atoms with E-state index in [1.807, 2.05) is 12.1 Å². The third-order valence-corrected chi connectivity index (χ3v) is 6.46. The maximum atomic E-state index is 11.9. The van der Waals surface area contributed by atoms with Crippen LogP contribution in [0, 0.1) is 0 Å². The van der Waals surface area contributed by atoms with Crippen molar-refractivity contribution in [3.05, 3.63) is 47.6 Å². The molecule has 10 nitrogen and oxygen atoms in total. The second-order valence-corrected chi connectivity index (χ2v) is 8.78. The first kappa shape index (κ1) is 23.1. The molecule has 2 aromatic heterocycles. The number of halogens is 1. The molecular weight excluding hydrogens is 468 g/mol. The molecule has 0 unspecified atom stereocenters. The van der Waals surface area contributed by atoms with Crippen molar-refractivity contribution in [1.29, 1.82) is 0 Å². The van der Waals surface area contributed by atoms with E-state index in [1.54, 1.807) is 19.2 Å². The van der Waals surface area contributed by atoms with Crippen LogP contribution in [0.25, 0.3) is 0 Å². The Kier molecular flexibility index (Phi) is 6.56. The van der Waals surface area contributed by atoms with Crippen molar-refractivity contribution >= 4 is 52.3 Å². The van der Waals surface area contributed by atoms with Crippen LogP contribution in [0.2, 0.25) is 5.02 Å². The second-order valence-electron chi connectivity index (χ2n) is 8.37. The molecule has 1 saturated heterocycles. The van der Waals surface area contributed by atoms with E-state index in [0.29, 0.717) is 34.2 Å². The van der Waals surface area contributed by atoms with E-state index in [9.17, 15) is 4.79 Å². The first-order valence-corrected chi connectivity index (χ1v) is 11.9. The Bertz CT molecular complexity index is 1210. The van der Waals surface area contributed by atoms with Crippen LogP contribution in [0.3, 0.4) is 0 Å². The zero-order valence-corrected chi connectivity index (χ0v) is 20.4. The van der Waals surface area contributed by atoms with Crippen molar-refractivity contribution in [2.24, 2.45) is 0 Å². The van der Waals surface area contributed by atoms with E-state index in [1.165, 1.54) is 16.8 Å². The van der Waals surface area contributed by atoms with E-state index in [4.69, 9.17) is 16.3 Å². The zero-order chi connectivity index (χ0) is 24.4. The molecule has 35 heavy (non-hydrogen) atoms. The summed E-state index contributed by atoms with van der Waals surface area (Å²) in [4.78, 5) is 31.5. The van der Waals surface area contributed by atoms with Gasteiger partial charge in [0.05, 0.1) is 6.20 Å². The maximum Gasteiger partial charge on any atom is 0.265 e. The molecule has 0 spiro atoms. The number of nitrogens with zero attached hydrogens (tertiary/aromatic N) is 6. The Morgan fingerprint density at radius 1 is 1.03 bits per heavy atom. The van der Waals surface area contributed by atoms with Gasteiger partial charge in [-0.3, -0.25) is 9.69 Å². The standard InChI is InChI=1S/C24H27ClN8O2/c1-3-32-10-12-33(13-11-32)17-6-4-16(5-7-17)27-24-26-14-18(25)22(30-24)28-20-9-8-19-23(29-20)31(2)21(34)15-35-19/h4-9,14H,3,10-13,15H2,1-2H3,(H2,26,27,28,29,30). The van der Waals surface area contributed by atoms with Crippen molar-refractivity contribution in [3.63, 3.8) is 0 Å². The summed E-state index contributed by atoms with van der Waals surface area (Å²) >= 11 is 6.33. The fraction of sp³-hybridized carbons (Fsp3) is 0.333. The third-order valence-electron chi connectivity index (χ3n) is 6.18. The molecule has 2 N–H and O–H groups in total. The molecule has 0 radical (unpaired) electrons. The molecule has 0 bridgehead atoms. The van der Waals surface area contributed by atoms with Crippen LogP contribution in [0.4, 0.5) is 34.8 Å². The lowest BCUT2D eigenvalue weighted by Crippen LogP contribution is -2.46. The molecule has 0 atom stereocenters. The number of hydrogen-bond acceptors (Lipinski definition) is 9. The molecule has 0 aliphatic carbocycles. The topological polar surface area (TPSA) is 98.8 Å². The van der Waals surface area contributed by atoms with Crippen LogP contribution in [0.15, 0.2) is 42.6 Å². The summed E-state index contributed by atoms with van der Waals surface area (Å²) in [5.74, 6) is 2.09. The van der Waals surface area contributed by atoms with Gasteiger partial charge < -0.3 is 25.2 Å². The van der Waals surface area contributed by atoms with Crippen molar-refractivity contribution in [1.82, 2.24) is 19.9 Å². The molecule has 11 heteroatoms. The normalized spacial score (nSPS) is 16.0. The minimum atomic E-state index is -0.164. The second kappa shape index (κ2) is 9.93. The van der Waals surface area contributed by atoms with Gasteiger partial charge in [-0.2, -0.15) is 4.98 Å². The average Bonchev–Trinajstić information content (AvgIpc) is 2.89. The number of pyridine rings is 1. The molecule has 0 saturated carbocycles. The summed E-state index contributed by atoms with van der Waals surface area (Å²) in [6.07, 6.45) is 1.53. The minimum absolute atomic E-state index is 0.00119. The Morgan fingerprint density at radius 2 is 1.80 bits per heavy atom. The highest BCUT2D eigenvalue weighted by molar-refractivity contribution is 6.32. The van der Waals surface area contributed by atoms with Gasteiger partial charge in [0.2, 0.25) is 5.95 Å². The lowest BCUT2D eigenvalue weighted by atomic mass is 10.2. The van der Waals surface area contributed by atoms with Gasteiger partial charge in [0.1, 0.15) is 10.8 Å². The van der Waals surface area contributed by atoms with E-state index in [0.717, 1.165) is 38.4 Å². The minimum Gasteiger partial charge on any atom is -0.480 e. The number of rotatable bonds is 6. The van der Waals surface area contributed by atoms with Crippen molar-refractivity contribution in [2.75, 3.05) is 66.8 Å². The highest BCUT2D eigenvalue weighted by atomic mass is 35.5. The summed E-state index contributed by atoms with van der Waals surface area (Å²) in [5.41, 5.74) is 2.08. The van der Waals surface area contributed by atoms with E-state index in [-0.39, 0.29) is 12.5 Å². The SMILES string of the molecule is CCN1CCN(c2ccc(Nc3ncc(Cl)c(Nc4ccc5c(n4)N(C)C(=O)CO5)n3)cc2)CC1. The third kappa shape index (κ3) is 5.08. The molecule has 3 aromatic rings. The highest BCUT2D eigenvalue weighted by Gasteiger charge is 2.24. The molecular formula is C24H27ClN8O2. The number of fused-ring (bicyclic) bond motifs is 1. The van der Waals surface area contributed by atoms with Crippen LogP contribution in [-0.4, -0.2) is 72.1 Å². The number of amides is 1. The van der Waals surface area contributed by atoms with Crippen LogP contribution in [0.5, 0.6) is 5.75 Å². The smallest absolute Gasteiger partial charge is 0.265 e. The summed E-state index contributed by atoms with van der Waals surface area (Å²) in [7, 11) is 1.66. The van der Waals surface area contributed by atoms with Gasteiger partial charge in [0, 0.05) is 44.6 Å². The number of ether oxygens (including phenoxy) is 1. The molecule has 4 heterocycles. The lowest BCUT2D eigenvalue weighted by molar-refractivity contribution is -0.121. The first-order valence-electron chi connectivity index (χ1n) is 11.5. The predicted molar refractivity (Wildman–Crippen MR) is 138 cm³/mol. The summed E-state index contributed by atoms with van der Waals surface area (Å²) in [6, 6.07) is 11.7. The molecule has 5 rings (SSSR count). The van der Waals surface area contributed by atoms with Crippen LogP contribution in [0.1, 0.15) is 6.92 Å². The Morgan fingerprint density at radius 3 is 2.54 bits per heavy atom. The number of benzene rings is 1. The Hall–Kier alpha value is -3.63. The fourth-order valence-electron chi connectivity index (χ4n) is 4.06. The number of hydrogen-bond donors (Lipinski definition) is 2. The molecule has 182 valence electrons. The molecule has 1 amide bonds. The van der Waals surface area contributed by atoms with Gasteiger partial charge in [-0.1, -0.05) is 18.5 Å². The van der Waals surface area contributed by atoms with Gasteiger partial charge >= 0.3 is 0 Å².